The molecule has 0 fully saturated rings. The van der Waals surface area contributed by atoms with Crippen LogP contribution in [0.15, 0.2) is 30.3 Å². The molecule has 16 heavy (non-hydrogen) atoms. The van der Waals surface area contributed by atoms with Gasteiger partial charge in [-0.05, 0) is 17.9 Å². The highest BCUT2D eigenvalue weighted by Crippen LogP contribution is 2.09. The first-order valence-electron chi connectivity index (χ1n) is 5.81. The van der Waals surface area contributed by atoms with Crippen molar-refractivity contribution in [2.24, 2.45) is 5.92 Å². The van der Waals surface area contributed by atoms with E-state index in [1.807, 2.05) is 44.2 Å². The Morgan fingerprint density at radius 2 is 1.81 bits per heavy atom. The highest BCUT2D eigenvalue weighted by atomic mass is 16.3. The average Bonchev–Trinajstić information content (AvgIpc) is 2.17. The van der Waals surface area contributed by atoms with Gasteiger partial charge in [-0.2, -0.15) is 0 Å². The van der Waals surface area contributed by atoms with E-state index >= 15 is 0 Å². The van der Waals surface area contributed by atoms with Gasteiger partial charge in [-0.25, -0.2) is 0 Å². The van der Waals surface area contributed by atoms with Gasteiger partial charge in [0, 0.05) is 12.8 Å². The van der Waals surface area contributed by atoms with Crippen LogP contribution in [-0.2, 0) is 11.2 Å². The number of aliphatic hydroxyl groups excluding tert-OH is 1. The molecule has 1 aromatic carbocycles. The summed E-state index contributed by atoms with van der Waals surface area (Å²) in [4.78, 5) is 11.5. The number of hydrogen-bond acceptors (Lipinski definition) is 2. The summed E-state index contributed by atoms with van der Waals surface area (Å²) in [5.74, 6) is 0.523. The van der Waals surface area contributed by atoms with Crippen molar-refractivity contribution in [3.63, 3.8) is 0 Å². The highest BCUT2D eigenvalue weighted by molar-refractivity contribution is 5.79. The first kappa shape index (κ1) is 12.9. The zero-order valence-electron chi connectivity index (χ0n) is 10.0. The van der Waals surface area contributed by atoms with Crippen molar-refractivity contribution >= 4 is 5.78 Å². The summed E-state index contributed by atoms with van der Waals surface area (Å²) in [6.45, 7) is 4.03. The van der Waals surface area contributed by atoms with Gasteiger partial charge in [0.1, 0.15) is 5.78 Å². The molecule has 0 aliphatic heterocycles. The standard InChI is InChI=1S/C14H20O2/c1-11(2)8-13(15)10-14(16)9-12-6-4-3-5-7-12/h3-7,11,14,16H,8-10H2,1-2H3. The number of hydrogen-bond donors (Lipinski definition) is 1. The van der Waals surface area contributed by atoms with E-state index in [2.05, 4.69) is 0 Å². The molecule has 0 radical (unpaired) electrons. The molecule has 1 unspecified atom stereocenters. The van der Waals surface area contributed by atoms with Gasteiger partial charge in [0.05, 0.1) is 6.10 Å². The Morgan fingerprint density at radius 1 is 1.19 bits per heavy atom. The minimum Gasteiger partial charge on any atom is -0.392 e. The second-order valence-electron chi connectivity index (χ2n) is 4.68. The maximum Gasteiger partial charge on any atom is 0.135 e. The van der Waals surface area contributed by atoms with E-state index in [0.29, 0.717) is 18.8 Å². The van der Waals surface area contributed by atoms with Crippen LogP contribution in [-0.4, -0.2) is 17.0 Å². The van der Waals surface area contributed by atoms with Crippen LogP contribution in [0.4, 0.5) is 0 Å². The summed E-state index contributed by atoms with van der Waals surface area (Å²) in [5.41, 5.74) is 1.08. The maximum absolute atomic E-state index is 11.5. The fourth-order valence-electron chi connectivity index (χ4n) is 1.76. The van der Waals surface area contributed by atoms with Crippen LogP contribution in [0.3, 0.4) is 0 Å². The van der Waals surface area contributed by atoms with Crippen LogP contribution in [0.25, 0.3) is 0 Å². The zero-order valence-corrected chi connectivity index (χ0v) is 10.0. The van der Waals surface area contributed by atoms with Gasteiger partial charge in [-0.3, -0.25) is 4.79 Å². The van der Waals surface area contributed by atoms with Gasteiger partial charge >= 0.3 is 0 Å². The first-order chi connectivity index (χ1) is 7.58. The molecule has 0 heterocycles. The molecule has 0 amide bonds. The van der Waals surface area contributed by atoms with Gasteiger partial charge in [0.25, 0.3) is 0 Å². The Hall–Kier alpha value is -1.15. The van der Waals surface area contributed by atoms with Crippen LogP contribution in [0.5, 0.6) is 0 Å². The molecule has 1 aromatic rings. The van der Waals surface area contributed by atoms with Crippen LogP contribution in [0.1, 0.15) is 32.3 Å². The molecule has 0 aromatic heterocycles. The summed E-state index contributed by atoms with van der Waals surface area (Å²) in [6.07, 6.45) is 0.845. The maximum atomic E-state index is 11.5. The molecule has 0 aliphatic carbocycles. The molecule has 1 N–H and O–H groups in total. The molecule has 2 heteroatoms. The van der Waals surface area contributed by atoms with Crippen molar-refractivity contribution in [2.45, 2.75) is 39.2 Å². The van der Waals surface area contributed by atoms with E-state index in [9.17, 15) is 9.90 Å². The minimum atomic E-state index is -0.548. The predicted octanol–water partition coefficient (Wildman–Crippen LogP) is 2.60. The van der Waals surface area contributed by atoms with Crippen LogP contribution >= 0.6 is 0 Å². The third-order valence-corrected chi connectivity index (χ3v) is 2.41. The zero-order chi connectivity index (χ0) is 12.0. The molecule has 0 aliphatic rings. The van der Waals surface area contributed by atoms with E-state index in [0.717, 1.165) is 5.56 Å². The van der Waals surface area contributed by atoms with Crippen molar-refractivity contribution in [3.05, 3.63) is 35.9 Å². The fraction of sp³-hybridized carbons (Fsp3) is 0.500. The molecule has 88 valence electrons. The Labute approximate surface area is 97.3 Å². The first-order valence-corrected chi connectivity index (χ1v) is 5.81. The van der Waals surface area contributed by atoms with Crippen molar-refractivity contribution < 1.29 is 9.90 Å². The lowest BCUT2D eigenvalue weighted by Gasteiger charge is -2.10. The van der Waals surface area contributed by atoms with Crippen molar-refractivity contribution in [1.82, 2.24) is 0 Å². The van der Waals surface area contributed by atoms with E-state index < -0.39 is 6.10 Å². The average molecular weight is 220 g/mol. The quantitative estimate of drug-likeness (QED) is 0.800. The third-order valence-electron chi connectivity index (χ3n) is 2.41. The summed E-state index contributed by atoms with van der Waals surface area (Å²) in [6, 6.07) is 9.77. The topological polar surface area (TPSA) is 37.3 Å². The van der Waals surface area contributed by atoms with Crippen molar-refractivity contribution in [3.8, 4) is 0 Å². The lowest BCUT2D eigenvalue weighted by Crippen LogP contribution is -2.17. The summed E-state index contributed by atoms with van der Waals surface area (Å²) < 4.78 is 0. The van der Waals surface area contributed by atoms with E-state index in [1.165, 1.54) is 0 Å². The van der Waals surface area contributed by atoms with Gasteiger partial charge in [0.2, 0.25) is 0 Å². The Kier molecular flexibility index (Phi) is 5.20. The molecular weight excluding hydrogens is 200 g/mol. The lowest BCUT2D eigenvalue weighted by molar-refractivity contribution is -0.121. The van der Waals surface area contributed by atoms with Gasteiger partial charge < -0.3 is 5.11 Å². The SMILES string of the molecule is CC(C)CC(=O)CC(O)Cc1ccccc1. The second kappa shape index (κ2) is 6.44. The van der Waals surface area contributed by atoms with Gasteiger partial charge in [0.15, 0.2) is 0 Å². The minimum absolute atomic E-state index is 0.151. The van der Waals surface area contributed by atoms with Gasteiger partial charge in [-0.1, -0.05) is 44.2 Å². The number of carbonyl (C=O) groups excluding carboxylic acids is 1. The molecule has 0 spiro atoms. The van der Waals surface area contributed by atoms with Crippen molar-refractivity contribution in [2.75, 3.05) is 0 Å². The number of carbonyl (C=O) groups is 1. The molecule has 0 saturated carbocycles. The molecular formula is C14H20O2. The van der Waals surface area contributed by atoms with E-state index in [-0.39, 0.29) is 12.2 Å². The molecule has 2 nitrogen and oxygen atoms in total. The molecule has 1 atom stereocenters. The van der Waals surface area contributed by atoms with Crippen LogP contribution in [0, 0.1) is 5.92 Å². The monoisotopic (exact) mass is 220 g/mol. The van der Waals surface area contributed by atoms with Gasteiger partial charge in [-0.15, -0.1) is 0 Å². The molecule has 0 saturated heterocycles. The largest absolute Gasteiger partial charge is 0.392 e. The Balaban J connectivity index is 2.36. The third kappa shape index (κ3) is 5.08. The number of rotatable bonds is 6. The molecule has 0 bridgehead atoms. The van der Waals surface area contributed by atoms with E-state index in [4.69, 9.17) is 0 Å². The number of Topliss-reactive ketones (excluding diaryl/α,β-unsaturated/α-hetero) is 1. The highest BCUT2D eigenvalue weighted by Gasteiger charge is 2.12. The normalized spacial score (nSPS) is 12.8. The number of ketones is 1. The summed E-state index contributed by atoms with van der Waals surface area (Å²) in [5, 5.41) is 9.77. The summed E-state index contributed by atoms with van der Waals surface area (Å²) >= 11 is 0. The predicted molar refractivity (Wildman–Crippen MR) is 65.2 cm³/mol. The Bertz CT molecular complexity index is 317. The molecule has 1 rings (SSSR count). The number of benzene rings is 1. The number of aliphatic hydroxyl groups is 1. The van der Waals surface area contributed by atoms with E-state index in [1.54, 1.807) is 0 Å². The fourth-order valence-corrected chi connectivity index (χ4v) is 1.76. The van der Waals surface area contributed by atoms with Crippen LogP contribution < -0.4 is 0 Å². The second-order valence-corrected chi connectivity index (χ2v) is 4.68. The van der Waals surface area contributed by atoms with Crippen molar-refractivity contribution in [1.29, 1.82) is 0 Å². The smallest absolute Gasteiger partial charge is 0.135 e. The lowest BCUT2D eigenvalue weighted by atomic mass is 9.99. The Morgan fingerprint density at radius 3 is 2.38 bits per heavy atom. The van der Waals surface area contributed by atoms with Crippen LogP contribution in [0.2, 0.25) is 0 Å². The summed E-state index contributed by atoms with van der Waals surface area (Å²) in [7, 11) is 0.